The highest BCUT2D eigenvalue weighted by molar-refractivity contribution is 5.99. The van der Waals surface area contributed by atoms with Gasteiger partial charge in [0, 0.05) is 23.9 Å². The number of amides is 2. The summed E-state index contributed by atoms with van der Waals surface area (Å²) in [5, 5.41) is 14.1. The third-order valence-electron chi connectivity index (χ3n) is 3.74. The quantitative estimate of drug-likeness (QED) is 0.702. The van der Waals surface area contributed by atoms with E-state index in [1.165, 1.54) is 10.9 Å². The Labute approximate surface area is 150 Å². The Morgan fingerprint density at radius 1 is 1.23 bits per heavy atom. The molecule has 2 N–H and O–H groups in total. The maximum absolute atomic E-state index is 12.3. The fraction of sp³-hybridized carbons (Fsp3) is 0.278. The second-order valence-electron chi connectivity index (χ2n) is 6.08. The topological polar surface area (TPSA) is 76.8 Å². The summed E-state index contributed by atoms with van der Waals surface area (Å²) in [6.07, 6.45) is 3.05. The monoisotopic (exact) mass is 356 g/mol. The zero-order valence-electron chi connectivity index (χ0n) is 14.7. The Balaban J connectivity index is 1.75. The number of nitrogens with one attached hydrogen (secondary N) is 2. The van der Waals surface area contributed by atoms with Crippen LogP contribution < -0.4 is 10.6 Å². The molecule has 26 heavy (non-hydrogen) atoms. The second-order valence-corrected chi connectivity index (χ2v) is 6.08. The molecule has 0 aliphatic heterocycles. The van der Waals surface area contributed by atoms with Crippen LogP contribution in [0.3, 0.4) is 0 Å². The van der Waals surface area contributed by atoms with Gasteiger partial charge in [0.05, 0.1) is 24.1 Å². The first-order valence-electron chi connectivity index (χ1n) is 8.38. The van der Waals surface area contributed by atoms with Gasteiger partial charge in [0.15, 0.2) is 0 Å². The lowest BCUT2D eigenvalue weighted by Gasteiger charge is -2.11. The summed E-state index contributed by atoms with van der Waals surface area (Å²) < 4.78 is 15.5. The molecule has 136 valence electrons. The van der Waals surface area contributed by atoms with E-state index in [1.807, 2.05) is 50.2 Å². The number of alkyl halides is 1. The van der Waals surface area contributed by atoms with Crippen LogP contribution in [0.5, 0.6) is 0 Å². The number of aromatic nitrogens is 4. The number of urea groups is 1. The van der Waals surface area contributed by atoms with Gasteiger partial charge in [-0.15, -0.1) is 0 Å². The zero-order valence-corrected chi connectivity index (χ0v) is 14.7. The van der Waals surface area contributed by atoms with Crippen molar-refractivity contribution in [3.63, 3.8) is 0 Å². The molecule has 0 radical (unpaired) electrons. The molecule has 2 aromatic heterocycles. The predicted octanol–water partition coefficient (Wildman–Crippen LogP) is 3.94. The molecule has 0 aliphatic carbocycles. The zero-order chi connectivity index (χ0) is 18.5. The Morgan fingerprint density at radius 3 is 2.69 bits per heavy atom. The summed E-state index contributed by atoms with van der Waals surface area (Å²) in [7, 11) is 0. The molecule has 1 aromatic carbocycles. The van der Waals surface area contributed by atoms with Gasteiger partial charge in [-0.25, -0.2) is 13.9 Å². The van der Waals surface area contributed by atoms with Crippen LogP contribution in [-0.4, -0.2) is 32.3 Å². The van der Waals surface area contributed by atoms with E-state index in [0.29, 0.717) is 11.5 Å². The van der Waals surface area contributed by atoms with Crippen LogP contribution in [0.1, 0.15) is 19.9 Å². The van der Waals surface area contributed by atoms with E-state index in [-0.39, 0.29) is 12.6 Å². The van der Waals surface area contributed by atoms with Crippen LogP contribution >= 0.6 is 0 Å². The Hall–Kier alpha value is -3.16. The first-order valence-corrected chi connectivity index (χ1v) is 8.38. The molecule has 0 saturated heterocycles. The predicted molar refractivity (Wildman–Crippen MR) is 98.9 cm³/mol. The smallest absolute Gasteiger partial charge is 0.305 e. The summed E-state index contributed by atoms with van der Waals surface area (Å²) in [6, 6.07) is 11.3. The molecule has 3 aromatic rings. The van der Waals surface area contributed by atoms with Gasteiger partial charge in [-0.3, -0.25) is 10.00 Å². The normalized spacial score (nSPS) is 10.9. The van der Waals surface area contributed by atoms with Crippen molar-refractivity contribution in [2.75, 3.05) is 17.3 Å². The van der Waals surface area contributed by atoms with Crippen LogP contribution in [0.4, 0.5) is 20.7 Å². The van der Waals surface area contributed by atoms with E-state index in [1.54, 1.807) is 10.9 Å². The molecular weight excluding hydrogens is 335 g/mol. The molecule has 0 fully saturated rings. The summed E-state index contributed by atoms with van der Waals surface area (Å²) in [6.45, 7) is 3.63. The Bertz CT molecular complexity index is 871. The summed E-state index contributed by atoms with van der Waals surface area (Å²) in [5.41, 5.74) is 2.25. The van der Waals surface area contributed by atoms with E-state index < -0.39 is 12.7 Å². The van der Waals surface area contributed by atoms with Crippen molar-refractivity contribution < 1.29 is 9.18 Å². The van der Waals surface area contributed by atoms with Crippen LogP contribution in [0.2, 0.25) is 0 Å². The fourth-order valence-electron chi connectivity index (χ4n) is 2.55. The van der Waals surface area contributed by atoms with Crippen LogP contribution in [-0.2, 0) is 6.54 Å². The molecule has 0 spiro atoms. The molecule has 3 rings (SSSR count). The van der Waals surface area contributed by atoms with Gasteiger partial charge in [0.1, 0.15) is 12.5 Å². The summed E-state index contributed by atoms with van der Waals surface area (Å²) >= 11 is 0. The largest absolute Gasteiger partial charge is 0.324 e. The minimum atomic E-state index is -0.511. The molecule has 0 aliphatic rings. The number of carbonyl (C=O) groups is 1. The molecule has 8 heteroatoms. The second kappa shape index (κ2) is 7.81. The van der Waals surface area contributed by atoms with Gasteiger partial charge in [0.25, 0.3) is 0 Å². The van der Waals surface area contributed by atoms with Crippen molar-refractivity contribution in [1.82, 2.24) is 19.6 Å². The number of rotatable bonds is 6. The average molecular weight is 356 g/mol. The first kappa shape index (κ1) is 17.7. The minimum absolute atomic E-state index is 0.0788. The lowest BCUT2D eigenvalue weighted by atomic mass is 10.2. The van der Waals surface area contributed by atoms with Gasteiger partial charge in [0.2, 0.25) is 0 Å². The lowest BCUT2D eigenvalue weighted by molar-refractivity contribution is 0.262. The number of aryl methyl sites for hydroxylation is 1. The van der Waals surface area contributed by atoms with Gasteiger partial charge in [-0.05, 0) is 13.8 Å². The molecule has 0 unspecified atom stereocenters. The highest BCUT2D eigenvalue weighted by atomic mass is 19.1. The van der Waals surface area contributed by atoms with E-state index in [4.69, 9.17) is 0 Å². The third kappa shape index (κ3) is 4.08. The molecule has 2 heterocycles. The van der Waals surface area contributed by atoms with E-state index in [9.17, 15) is 9.18 Å². The summed E-state index contributed by atoms with van der Waals surface area (Å²) in [4.78, 5) is 12.3. The van der Waals surface area contributed by atoms with Gasteiger partial charge >= 0.3 is 6.03 Å². The molecule has 7 nitrogen and oxygen atoms in total. The molecule has 0 atom stereocenters. The lowest BCUT2D eigenvalue weighted by Crippen LogP contribution is -2.22. The number of benzene rings is 1. The van der Waals surface area contributed by atoms with Crippen molar-refractivity contribution in [3.8, 4) is 11.3 Å². The third-order valence-corrected chi connectivity index (χ3v) is 3.74. The molecular formula is C18H21FN6O. The number of halogens is 1. The number of hydrogen-bond donors (Lipinski definition) is 2. The van der Waals surface area contributed by atoms with E-state index in [2.05, 4.69) is 20.8 Å². The van der Waals surface area contributed by atoms with Gasteiger partial charge in [-0.2, -0.15) is 10.2 Å². The maximum Gasteiger partial charge on any atom is 0.324 e. The number of anilines is 2. The van der Waals surface area contributed by atoms with Crippen molar-refractivity contribution in [2.24, 2.45) is 0 Å². The maximum atomic E-state index is 12.3. The first-order chi connectivity index (χ1) is 12.6. The highest BCUT2D eigenvalue weighted by Gasteiger charge is 2.14. The van der Waals surface area contributed by atoms with Crippen LogP contribution in [0.25, 0.3) is 11.3 Å². The van der Waals surface area contributed by atoms with Gasteiger partial charge in [-0.1, -0.05) is 30.3 Å². The highest BCUT2D eigenvalue weighted by Crippen LogP contribution is 2.24. The van der Waals surface area contributed by atoms with Crippen molar-refractivity contribution in [1.29, 1.82) is 0 Å². The molecule has 0 saturated carbocycles. The minimum Gasteiger partial charge on any atom is -0.305 e. The Kier molecular flexibility index (Phi) is 5.31. The summed E-state index contributed by atoms with van der Waals surface area (Å²) in [5.74, 6) is 0.590. The number of nitrogens with zero attached hydrogens (tertiary/aromatic N) is 4. The number of hydrogen-bond acceptors (Lipinski definition) is 3. The van der Waals surface area contributed by atoms with Crippen LogP contribution in [0, 0.1) is 0 Å². The molecule has 2 amide bonds. The fourth-order valence-corrected chi connectivity index (χ4v) is 2.55. The van der Waals surface area contributed by atoms with E-state index in [0.717, 1.165) is 11.3 Å². The van der Waals surface area contributed by atoms with Crippen molar-refractivity contribution in [2.45, 2.75) is 26.4 Å². The van der Waals surface area contributed by atoms with Gasteiger partial charge < -0.3 is 5.32 Å². The SMILES string of the molecule is CC(C)n1nc(-c2ccccc2)cc1NC(=O)Nc1cnn(CCF)c1. The average Bonchev–Trinajstić information content (AvgIpc) is 3.23. The number of carbonyl (C=O) groups excluding carboxylic acids is 1. The molecule has 0 bridgehead atoms. The van der Waals surface area contributed by atoms with Crippen molar-refractivity contribution in [3.05, 3.63) is 48.8 Å². The Morgan fingerprint density at radius 2 is 2.00 bits per heavy atom. The van der Waals surface area contributed by atoms with Crippen LogP contribution in [0.15, 0.2) is 48.8 Å². The van der Waals surface area contributed by atoms with E-state index >= 15 is 0 Å². The van der Waals surface area contributed by atoms with Crippen molar-refractivity contribution >= 4 is 17.5 Å². The standard InChI is InChI=1S/C18H21FN6O/c1-13(2)25-17(10-16(23-25)14-6-4-3-5-7-14)22-18(26)21-15-11-20-24(12-15)9-8-19/h3-7,10-13H,8-9H2,1-2H3,(H2,21,22,26).